The van der Waals surface area contributed by atoms with Gasteiger partial charge in [-0.05, 0) is 39.2 Å². The van der Waals surface area contributed by atoms with Crippen LogP contribution in [0.2, 0.25) is 0 Å². The van der Waals surface area contributed by atoms with Gasteiger partial charge in [-0.2, -0.15) is 0 Å². The quantitative estimate of drug-likeness (QED) is 0.729. The maximum Gasteiger partial charge on any atom is 0.225 e. The predicted octanol–water partition coefficient (Wildman–Crippen LogP) is 2.79. The number of nitrogens with one attached hydrogen (secondary N) is 2. The van der Waals surface area contributed by atoms with Gasteiger partial charge in [0.15, 0.2) is 5.82 Å². The Labute approximate surface area is 191 Å². The Balaban J connectivity index is 1.59. The summed E-state index contributed by atoms with van der Waals surface area (Å²) < 4.78 is 0. The van der Waals surface area contributed by atoms with E-state index in [9.17, 15) is 9.59 Å². The monoisotopic (exact) mass is 442 g/mol. The molecule has 1 aromatic rings. The molecule has 2 fully saturated rings. The van der Waals surface area contributed by atoms with Gasteiger partial charge in [-0.3, -0.25) is 9.59 Å². The van der Waals surface area contributed by atoms with Crippen LogP contribution in [-0.4, -0.2) is 64.3 Å². The number of rotatable bonds is 5. The minimum absolute atomic E-state index is 0.0449. The molecule has 3 heterocycles. The van der Waals surface area contributed by atoms with Crippen molar-refractivity contribution in [3.05, 3.63) is 17.1 Å². The number of likely N-dealkylation sites (N-methyl/N-ethyl adjacent to an activating group) is 1. The molecule has 1 saturated carbocycles. The van der Waals surface area contributed by atoms with Crippen LogP contribution in [0.15, 0.2) is 0 Å². The minimum Gasteiger partial charge on any atom is -0.373 e. The van der Waals surface area contributed by atoms with E-state index in [1.807, 2.05) is 11.9 Å². The Hall–Kier alpha value is -2.22. The van der Waals surface area contributed by atoms with Crippen molar-refractivity contribution in [1.29, 1.82) is 0 Å². The van der Waals surface area contributed by atoms with Crippen molar-refractivity contribution in [3.63, 3.8) is 0 Å². The van der Waals surface area contributed by atoms with Crippen LogP contribution in [0.25, 0.3) is 0 Å². The van der Waals surface area contributed by atoms with Gasteiger partial charge in [-0.1, -0.05) is 19.3 Å². The van der Waals surface area contributed by atoms with Crippen LogP contribution in [0.4, 0.5) is 5.82 Å². The largest absolute Gasteiger partial charge is 0.373 e. The van der Waals surface area contributed by atoms with Gasteiger partial charge in [0.1, 0.15) is 5.82 Å². The molecular weight excluding hydrogens is 404 g/mol. The first-order valence-corrected chi connectivity index (χ1v) is 12.2. The number of carbonyl (C=O) groups excluding carboxylic acids is 2. The molecule has 0 radical (unpaired) electrons. The first-order valence-electron chi connectivity index (χ1n) is 12.2. The fourth-order valence-corrected chi connectivity index (χ4v) is 5.76. The number of hydrogen-bond acceptors (Lipinski definition) is 6. The van der Waals surface area contributed by atoms with E-state index in [0.717, 1.165) is 88.3 Å². The van der Waals surface area contributed by atoms with Gasteiger partial charge in [-0.15, -0.1) is 0 Å². The van der Waals surface area contributed by atoms with Gasteiger partial charge >= 0.3 is 0 Å². The molecule has 3 aliphatic rings. The Morgan fingerprint density at radius 3 is 2.59 bits per heavy atom. The lowest BCUT2D eigenvalue weighted by Gasteiger charge is -2.41. The molecule has 4 rings (SSSR count). The highest BCUT2D eigenvalue weighted by Crippen LogP contribution is 2.36. The minimum atomic E-state index is -0.402. The lowest BCUT2D eigenvalue weighted by atomic mass is 9.78. The smallest absolute Gasteiger partial charge is 0.225 e. The summed E-state index contributed by atoms with van der Waals surface area (Å²) in [5.41, 5.74) is 1.88. The second kappa shape index (κ2) is 9.73. The van der Waals surface area contributed by atoms with Gasteiger partial charge in [0, 0.05) is 57.5 Å². The number of amides is 2. The van der Waals surface area contributed by atoms with Crippen molar-refractivity contribution in [2.45, 2.75) is 89.3 Å². The summed E-state index contributed by atoms with van der Waals surface area (Å²) in [4.78, 5) is 39.7. The van der Waals surface area contributed by atoms with E-state index in [-0.39, 0.29) is 17.9 Å². The first-order chi connectivity index (χ1) is 15.4. The van der Waals surface area contributed by atoms with E-state index in [4.69, 9.17) is 9.97 Å². The Kier molecular flexibility index (Phi) is 6.98. The fraction of sp³-hybridized carbons (Fsp3) is 0.750. The summed E-state index contributed by atoms with van der Waals surface area (Å²) in [5, 5.41) is 6.41. The Bertz CT molecular complexity index is 834. The van der Waals surface area contributed by atoms with E-state index in [0.29, 0.717) is 6.42 Å². The van der Waals surface area contributed by atoms with Gasteiger partial charge in [0.25, 0.3) is 0 Å². The third-order valence-electron chi connectivity index (χ3n) is 7.37. The van der Waals surface area contributed by atoms with Gasteiger partial charge in [0.2, 0.25) is 11.8 Å². The molecule has 1 atom stereocenters. The molecule has 0 unspecified atom stereocenters. The maximum atomic E-state index is 13.6. The molecule has 1 saturated heterocycles. The molecule has 0 bridgehead atoms. The van der Waals surface area contributed by atoms with Crippen molar-refractivity contribution >= 4 is 17.6 Å². The van der Waals surface area contributed by atoms with Gasteiger partial charge in [0.05, 0.1) is 11.7 Å². The van der Waals surface area contributed by atoms with Crippen molar-refractivity contribution in [2.75, 3.05) is 32.5 Å². The SMILES string of the molecule is CNc1nc([C@@H]2CCCCN2C(=O)CC2(NC(C)=O)CCCCC2)nc2c1CN(C)CC2. The zero-order valence-corrected chi connectivity index (χ0v) is 19.9. The van der Waals surface area contributed by atoms with Crippen LogP contribution in [0.5, 0.6) is 0 Å². The summed E-state index contributed by atoms with van der Waals surface area (Å²) in [6, 6.07) is -0.0914. The second-order valence-corrected chi connectivity index (χ2v) is 9.89. The highest BCUT2D eigenvalue weighted by molar-refractivity contribution is 5.80. The molecule has 8 heteroatoms. The summed E-state index contributed by atoms with van der Waals surface area (Å²) >= 11 is 0. The van der Waals surface area contributed by atoms with Gasteiger partial charge in [-0.25, -0.2) is 9.97 Å². The van der Waals surface area contributed by atoms with E-state index in [1.165, 1.54) is 12.0 Å². The van der Waals surface area contributed by atoms with Crippen LogP contribution in [-0.2, 0) is 22.6 Å². The molecule has 32 heavy (non-hydrogen) atoms. The van der Waals surface area contributed by atoms with Crippen LogP contribution >= 0.6 is 0 Å². The molecular formula is C24H38N6O2. The number of anilines is 1. The van der Waals surface area contributed by atoms with Crippen molar-refractivity contribution in [2.24, 2.45) is 0 Å². The first kappa shape index (κ1) is 23.0. The molecule has 0 aromatic carbocycles. The average Bonchev–Trinajstić information content (AvgIpc) is 2.78. The second-order valence-electron chi connectivity index (χ2n) is 9.89. The number of aromatic nitrogens is 2. The van der Waals surface area contributed by atoms with Crippen LogP contribution in [0.3, 0.4) is 0 Å². The highest BCUT2D eigenvalue weighted by Gasteiger charge is 2.39. The number of fused-ring (bicyclic) bond motifs is 1. The van der Waals surface area contributed by atoms with Crippen molar-refractivity contribution in [1.82, 2.24) is 25.1 Å². The fourth-order valence-electron chi connectivity index (χ4n) is 5.76. The highest BCUT2D eigenvalue weighted by atomic mass is 16.2. The molecule has 2 aliphatic heterocycles. The summed E-state index contributed by atoms with van der Waals surface area (Å²) in [7, 11) is 4.03. The van der Waals surface area contributed by atoms with E-state index >= 15 is 0 Å². The molecule has 1 aliphatic carbocycles. The number of hydrogen-bond donors (Lipinski definition) is 2. The Morgan fingerprint density at radius 2 is 1.88 bits per heavy atom. The molecule has 8 nitrogen and oxygen atoms in total. The lowest BCUT2D eigenvalue weighted by Crippen LogP contribution is -2.53. The van der Waals surface area contributed by atoms with E-state index in [2.05, 4.69) is 22.6 Å². The third-order valence-corrected chi connectivity index (χ3v) is 7.37. The van der Waals surface area contributed by atoms with E-state index < -0.39 is 5.54 Å². The van der Waals surface area contributed by atoms with Crippen LogP contribution in [0.1, 0.15) is 87.8 Å². The average molecular weight is 443 g/mol. The molecule has 0 spiro atoms. The molecule has 2 N–H and O–H groups in total. The van der Waals surface area contributed by atoms with Crippen LogP contribution < -0.4 is 10.6 Å². The summed E-state index contributed by atoms with van der Waals surface area (Å²) in [6.45, 7) is 4.12. The number of nitrogens with zero attached hydrogens (tertiary/aromatic N) is 4. The summed E-state index contributed by atoms with van der Waals surface area (Å²) in [6.07, 6.45) is 9.30. The predicted molar refractivity (Wildman–Crippen MR) is 124 cm³/mol. The van der Waals surface area contributed by atoms with E-state index in [1.54, 1.807) is 6.92 Å². The number of carbonyl (C=O) groups is 2. The van der Waals surface area contributed by atoms with Crippen molar-refractivity contribution < 1.29 is 9.59 Å². The standard InChI is InChI=1S/C24H38N6O2/c1-17(31)28-24(11-6-4-7-12-24)15-21(32)30-13-8-5-9-20(30)23-26-19-10-14-29(3)16-18(19)22(25-2)27-23/h20H,4-16H2,1-3H3,(H,28,31)(H,25,26,27)/t20-/m0/s1. The number of piperidine rings is 1. The molecule has 1 aromatic heterocycles. The topological polar surface area (TPSA) is 90.5 Å². The van der Waals surface area contributed by atoms with Crippen molar-refractivity contribution in [3.8, 4) is 0 Å². The zero-order chi connectivity index (χ0) is 22.7. The maximum absolute atomic E-state index is 13.6. The van der Waals surface area contributed by atoms with Gasteiger partial charge < -0.3 is 20.4 Å². The Morgan fingerprint density at radius 1 is 1.09 bits per heavy atom. The van der Waals surface area contributed by atoms with Crippen LogP contribution in [0, 0.1) is 0 Å². The third kappa shape index (κ3) is 4.90. The lowest BCUT2D eigenvalue weighted by molar-refractivity contribution is -0.137. The molecule has 2 amide bonds. The normalized spacial score (nSPS) is 23.3. The zero-order valence-electron chi connectivity index (χ0n) is 19.9. The number of likely N-dealkylation sites (tertiary alicyclic amines) is 1. The summed E-state index contributed by atoms with van der Waals surface area (Å²) in [5.74, 6) is 1.73. The molecule has 176 valence electrons.